The number of carbonyl (C=O) groups excluding carboxylic acids is 2. The molecule has 1 saturated heterocycles. The van der Waals surface area contributed by atoms with Crippen molar-refractivity contribution in [1.82, 2.24) is 10.2 Å². The van der Waals surface area contributed by atoms with Gasteiger partial charge in [0.1, 0.15) is 12.4 Å². The van der Waals surface area contributed by atoms with Gasteiger partial charge >= 0.3 is 5.97 Å². The zero-order valence-electron chi connectivity index (χ0n) is 15.5. The van der Waals surface area contributed by atoms with Gasteiger partial charge in [0, 0.05) is 13.0 Å². The summed E-state index contributed by atoms with van der Waals surface area (Å²) in [6.07, 6.45) is 1.64. The summed E-state index contributed by atoms with van der Waals surface area (Å²) in [6, 6.07) is 4.91. The average Bonchev–Trinajstić information content (AvgIpc) is 3.00. The van der Waals surface area contributed by atoms with E-state index in [0.29, 0.717) is 12.3 Å². The highest BCUT2D eigenvalue weighted by molar-refractivity contribution is 5.92. The summed E-state index contributed by atoms with van der Waals surface area (Å²) in [5, 5.41) is 11.2. The molecule has 1 aliphatic heterocycles. The van der Waals surface area contributed by atoms with E-state index in [1.807, 2.05) is 6.92 Å². The number of amides is 2. The third kappa shape index (κ3) is 4.75. The van der Waals surface area contributed by atoms with E-state index < -0.39 is 36.6 Å². The van der Waals surface area contributed by atoms with Crippen LogP contribution < -0.4 is 10.1 Å². The molecule has 2 N–H and O–H groups in total. The summed E-state index contributed by atoms with van der Waals surface area (Å²) >= 11 is 0. The highest BCUT2D eigenvalue weighted by atomic mass is 19.1. The molecular weight excluding hydrogens is 355 g/mol. The number of hydrogen-bond donors (Lipinski definition) is 2. The molecule has 0 saturated carbocycles. The van der Waals surface area contributed by atoms with E-state index in [1.54, 1.807) is 36.3 Å². The van der Waals surface area contributed by atoms with E-state index in [2.05, 4.69) is 5.32 Å². The molecule has 3 unspecified atom stereocenters. The first-order chi connectivity index (χ1) is 12.9. The molecule has 7 nitrogen and oxygen atoms in total. The topological polar surface area (TPSA) is 95.9 Å². The lowest BCUT2D eigenvalue weighted by Crippen LogP contribution is -2.46. The van der Waals surface area contributed by atoms with Gasteiger partial charge in [-0.15, -0.1) is 0 Å². The smallest absolute Gasteiger partial charge is 0.328 e. The van der Waals surface area contributed by atoms with Crippen LogP contribution in [0.3, 0.4) is 0 Å². The maximum atomic E-state index is 12.9. The molecule has 8 heteroatoms. The number of carboxylic acids is 1. The molecule has 1 aromatic rings. The quantitative estimate of drug-likeness (QED) is 0.682. The molecule has 148 valence electrons. The molecule has 1 aliphatic rings. The van der Waals surface area contributed by atoms with Gasteiger partial charge in [-0.3, -0.25) is 9.59 Å². The van der Waals surface area contributed by atoms with Crippen molar-refractivity contribution < 1.29 is 28.6 Å². The summed E-state index contributed by atoms with van der Waals surface area (Å²) in [4.78, 5) is 37.8. The van der Waals surface area contributed by atoms with Gasteiger partial charge in [-0.25, -0.2) is 9.18 Å². The molecule has 1 aromatic carbocycles. The summed E-state index contributed by atoms with van der Waals surface area (Å²) in [5.41, 5.74) is 0.755. The van der Waals surface area contributed by atoms with Gasteiger partial charge in [0.2, 0.25) is 11.8 Å². The Bertz CT molecular complexity index is 679. The first-order valence-corrected chi connectivity index (χ1v) is 8.95. The number of likely N-dealkylation sites (tertiary alicyclic amines) is 1. The normalized spacial score (nSPS) is 20.4. The van der Waals surface area contributed by atoms with Crippen molar-refractivity contribution in [3.63, 3.8) is 0 Å². The van der Waals surface area contributed by atoms with Crippen LogP contribution in [-0.4, -0.2) is 54.2 Å². The zero-order valence-corrected chi connectivity index (χ0v) is 15.5. The fourth-order valence-electron chi connectivity index (χ4n) is 3.28. The highest BCUT2D eigenvalue weighted by Gasteiger charge is 2.44. The van der Waals surface area contributed by atoms with E-state index in [-0.39, 0.29) is 12.3 Å². The molecule has 0 spiro atoms. The number of nitrogens with zero attached hydrogens (tertiary/aromatic N) is 1. The second-order valence-electron chi connectivity index (χ2n) is 6.52. The van der Waals surface area contributed by atoms with Gasteiger partial charge < -0.3 is 20.1 Å². The van der Waals surface area contributed by atoms with Crippen molar-refractivity contribution in [3.8, 4) is 5.75 Å². The van der Waals surface area contributed by atoms with Crippen LogP contribution >= 0.6 is 0 Å². The monoisotopic (exact) mass is 380 g/mol. The van der Waals surface area contributed by atoms with Crippen molar-refractivity contribution in [3.05, 3.63) is 29.8 Å². The molecule has 1 heterocycles. The number of ether oxygens (including phenoxy) is 1. The number of aliphatic carboxylic acids is 1. The molecule has 0 bridgehead atoms. The number of rotatable bonds is 9. The molecule has 3 atom stereocenters. The van der Waals surface area contributed by atoms with Crippen molar-refractivity contribution in [2.45, 2.75) is 38.3 Å². The van der Waals surface area contributed by atoms with E-state index in [4.69, 9.17) is 9.84 Å². The predicted octanol–water partition coefficient (Wildman–Crippen LogP) is 1.92. The second kappa shape index (κ2) is 9.34. The highest BCUT2D eigenvalue weighted by Crippen LogP contribution is 2.39. The van der Waals surface area contributed by atoms with Crippen molar-refractivity contribution in [1.29, 1.82) is 0 Å². The first-order valence-electron chi connectivity index (χ1n) is 8.95. The molecule has 2 rings (SSSR count). The lowest BCUT2D eigenvalue weighted by molar-refractivity contribution is -0.143. The molecule has 2 amide bonds. The van der Waals surface area contributed by atoms with Crippen LogP contribution in [0.1, 0.15) is 37.8 Å². The Balaban J connectivity index is 2.30. The average molecular weight is 380 g/mol. The third-order valence-electron chi connectivity index (χ3n) is 4.75. The first kappa shape index (κ1) is 20.7. The van der Waals surface area contributed by atoms with Crippen molar-refractivity contribution in [2.24, 2.45) is 5.92 Å². The summed E-state index contributed by atoms with van der Waals surface area (Å²) in [6.45, 7) is 1.29. The van der Waals surface area contributed by atoms with Crippen LogP contribution in [0.25, 0.3) is 0 Å². The van der Waals surface area contributed by atoms with Gasteiger partial charge in [0.05, 0.1) is 19.1 Å². The van der Waals surface area contributed by atoms with Crippen LogP contribution in [0.2, 0.25) is 0 Å². The Kier molecular flexibility index (Phi) is 7.15. The number of carbonyl (C=O) groups is 3. The van der Waals surface area contributed by atoms with Gasteiger partial charge in [0.15, 0.2) is 6.04 Å². The van der Waals surface area contributed by atoms with E-state index >= 15 is 0 Å². The zero-order chi connectivity index (χ0) is 20.0. The van der Waals surface area contributed by atoms with Crippen LogP contribution in [0.5, 0.6) is 5.75 Å². The fourth-order valence-corrected chi connectivity index (χ4v) is 3.28. The Labute approximate surface area is 157 Å². The Hall–Kier alpha value is -2.64. The van der Waals surface area contributed by atoms with Crippen molar-refractivity contribution in [2.75, 3.05) is 20.3 Å². The standard InChI is InChI=1S/C19H25FN2O5/c1-3-4-9-22-16(23)10-14(18(24)21-15(11-20)19(25)26)17(22)12-5-7-13(27-2)8-6-12/h5-8,14-15,17H,3-4,9-11H2,1-2H3,(H,21,24)(H,25,26). The number of alkyl halides is 1. The molecule has 1 fully saturated rings. The largest absolute Gasteiger partial charge is 0.497 e. The van der Waals surface area contributed by atoms with Crippen LogP contribution in [0, 0.1) is 5.92 Å². The Morgan fingerprint density at radius 2 is 2.04 bits per heavy atom. The van der Waals surface area contributed by atoms with E-state index in [0.717, 1.165) is 18.4 Å². The van der Waals surface area contributed by atoms with Gasteiger partial charge in [-0.1, -0.05) is 25.5 Å². The second-order valence-corrected chi connectivity index (χ2v) is 6.52. The van der Waals surface area contributed by atoms with Gasteiger partial charge in [0.25, 0.3) is 0 Å². The Morgan fingerprint density at radius 1 is 1.37 bits per heavy atom. The van der Waals surface area contributed by atoms with Gasteiger partial charge in [-0.05, 0) is 24.1 Å². The van der Waals surface area contributed by atoms with E-state index in [1.165, 1.54) is 0 Å². The number of methoxy groups -OCH3 is 1. The van der Waals surface area contributed by atoms with E-state index in [9.17, 15) is 18.8 Å². The lowest BCUT2D eigenvalue weighted by atomic mass is 9.92. The summed E-state index contributed by atoms with van der Waals surface area (Å²) in [7, 11) is 1.54. The molecule has 27 heavy (non-hydrogen) atoms. The lowest BCUT2D eigenvalue weighted by Gasteiger charge is -2.29. The number of benzene rings is 1. The molecule has 0 aromatic heterocycles. The maximum Gasteiger partial charge on any atom is 0.328 e. The number of unbranched alkanes of at least 4 members (excludes halogenated alkanes) is 1. The molecule has 0 aliphatic carbocycles. The number of carboxylic acid groups (broad SMARTS) is 1. The van der Waals surface area contributed by atoms with Crippen LogP contribution in [0.4, 0.5) is 4.39 Å². The minimum Gasteiger partial charge on any atom is -0.497 e. The predicted molar refractivity (Wildman–Crippen MR) is 96.0 cm³/mol. The van der Waals surface area contributed by atoms with Crippen LogP contribution in [-0.2, 0) is 14.4 Å². The van der Waals surface area contributed by atoms with Gasteiger partial charge in [-0.2, -0.15) is 0 Å². The molecule has 0 radical (unpaired) electrons. The summed E-state index contributed by atoms with van der Waals surface area (Å²) < 4.78 is 18.0. The number of halogens is 1. The fraction of sp³-hybridized carbons (Fsp3) is 0.526. The SMILES string of the molecule is CCCCN1C(=O)CC(C(=O)NC(CF)C(=O)O)C1c1ccc(OC)cc1. The third-order valence-corrected chi connectivity index (χ3v) is 4.75. The van der Waals surface area contributed by atoms with Crippen molar-refractivity contribution >= 4 is 17.8 Å². The minimum atomic E-state index is -1.62. The maximum absolute atomic E-state index is 12.9. The van der Waals surface area contributed by atoms with Crippen LogP contribution in [0.15, 0.2) is 24.3 Å². The Morgan fingerprint density at radius 3 is 2.56 bits per heavy atom. The number of hydrogen-bond acceptors (Lipinski definition) is 4. The summed E-state index contributed by atoms with van der Waals surface area (Å²) in [5.74, 6) is -2.38. The number of nitrogens with one attached hydrogen (secondary N) is 1. The minimum absolute atomic E-state index is 0.0368. The molecular formula is C19H25FN2O5.